The van der Waals surface area contributed by atoms with Gasteiger partial charge in [-0.05, 0) is 25.7 Å². The van der Waals surface area contributed by atoms with Crippen molar-refractivity contribution in [3.63, 3.8) is 0 Å². The molecule has 3 N–H and O–H groups in total. The molecule has 0 saturated carbocycles. The number of fused-ring (bicyclic) bond motifs is 5. The number of amides is 1. The smallest absolute Gasteiger partial charge is 0.386 e. The van der Waals surface area contributed by atoms with E-state index in [9.17, 15) is 28.2 Å². The van der Waals surface area contributed by atoms with E-state index >= 15 is 4.39 Å². The molecule has 0 radical (unpaired) electrons. The summed E-state index contributed by atoms with van der Waals surface area (Å²) < 4.78 is 94.3. The Bertz CT molecular complexity index is 2440. The maximum atomic E-state index is 16.4. The highest BCUT2D eigenvalue weighted by atomic mass is 32.7. The number of aliphatic hydroxyl groups excluding tert-OH is 1. The number of nitrogens with zero attached hydrogens (tertiary/aromatic N) is 7. The number of ether oxygens (including phenoxy) is 2. The normalized spacial score (nSPS) is 31.2. The Morgan fingerprint density at radius 3 is 2.70 bits per heavy atom. The van der Waals surface area contributed by atoms with Crippen molar-refractivity contribution in [2.75, 3.05) is 32.6 Å². The number of H-pyrrole nitrogens is 1. The fraction of sp³-hybridized carbons (Fsp3) is 0.419. The van der Waals surface area contributed by atoms with Crippen LogP contribution in [0.1, 0.15) is 28.4 Å². The first-order valence-corrected chi connectivity index (χ1v) is 20.8. The molecule has 0 spiro atoms. The number of aliphatic hydroxyl groups is 1. The average Bonchev–Trinajstić information content (AvgIpc) is 3.90. The summed E-state index contributed by atoms with van der Waals surface area (Å²) in [7, 11) is 0.177. The van der Waals surface area contributed by atoms with Crippen molar-refractivity contribution in [1.29, 1.82) is 0 Å². The van der Waals surface area contributed by atoms with Crippen LogP contribution in [0.3, 0.4) is 0 Å². The topological polar surface area (TPSA) is 236 Å². The van der Waals surface area contributed by atoms with E-state index in [2.05, 4.69) is 42.5 Å². The van der Waals surface area contributed by atoms with Crippen LogP contribution < -0.4 is 10.9 Å². The van der Waals surface area contributed by atoms with Crippen LogP contribution in [0, 0.1) is 5.82 Å². The van der Waals surface area contributed by atoms with Gasteiger partial charge in [0.05, 0.1) is 25.9 Å². The molecule has 25 heteroatoms. The third kappa shape index (κ3) is 7.33. The van der Waals surface area contributed by atoms with Crippen LogP contribution >= 0.6 is 27.3 Å². The Kier molecular flexibility index (Phi) is 10.7. The van der Waals surface area contributed by atoms with E-state index in [1.807, 2.05) is 31.1 Å². The monoisotopic (exact) mass is 839 g/mol. The molecule has 3 unspecified atom stereocenters. The van der Waals surface area contributed by atoms with Crippen molar-refractivity contribution in [1.82, 2.24) is 39.0 Å². The second kappa shape index (κ2) is 15.4. The lowest BCUT2D eigenvalue weighted by molar-refractivity contribution is -0.0563. The maximum absolute atomic E-state index is 16.4. The second-order valence-electron chi connectivity index (χ2n) is 13.3. The van der Waals surface area contributed by atoms with Gasteiger partial charge in [-0.3, -0.25) is 27.8 Å². The van der Waals surface area contributed by atoms with E-state index in [-0.39, 0.29) is 22.6 Å². The molecule has 4 aromatic heterocycles. The summed E-state index contributed by atoms with van der Waals surface area (Å²) >= 11 is 4.06. The van der Waals surface area contributed by atoms with E-state index in [4.69, 9.17) is 27.6 Å². The summed E-state index contributed by atoms with van der Waals surface area (Å²) in [6.45, 7) is -5.33. The van der Waals surface area contributed by atoms with Gasteiger partial charge in [0, 0.05) is 18.3 Å². The average molecular weight is 840 g/mol. The highest BCUT2D eigenvalue weighted by molar-refractivity contribution is 8.44. The van der Waals surface area contributed by atoms with Crippen LogP contribution in [-0.2, 0) is 43.2 Å². The number of halogens is 2. The number of aromatic amines is 1. The molecule has 10 atom stereocenters. The van der Waals surface area contributed by atoms with E-state index in [0.29, 0.717) is 12.1 Å². The second-order valence-corrected chi connectivity index (χ2v) is 17.2. The molecule has 56 heavy (non-hydrogen) atoms. The number of nitrogens with one attached hydrogen (secondary N) is 2. The van der Waals surface area contributed by atoms with Crippen LogP contribution in [0.15, 0.2) is 54.2 Å². The molecule has 8 rings (SSSR count). The van der Waals surface area contributed by atoms with Crippen molar-refractivity contribution in [3.8, 4) is 0 Å². The van der Waals surface area contributed by atoms with E-state index in [1.54, 1.807) is 12.1 Å². The molecule has 1 amide bonds. The van der Waals surface area contributed by atoms with Crippen LogP contribution in [-0.4, -0.2) is 114 Å². The number of carbonyl (C=O) groups is 1. The zero-order valence-electron chi connectivity index (χ0n) is 29.2. The first kappa shape index (κ1) is 38.9. The first-order valence-electron chi connectivity index (χ1n) is 16.9. The summed E-state index contributed by atoms with van der Waals surface area (Å²) in [6, 6.07) is 7.05. The van der Waals surface area contributed by atoms with Gasteiger partial charge < -0.3 is 43.4 Å². The zero-order chi connectivity index (χ0) is 39.5. The molecule has 3 fully saturated rings. The van der Waals surface area contributed by atoms with E-state index < -0.39 is 100 Å². The molecule has 5 aromatic rings. The number of aromatic nitrogens is 7. The lowest BCUT2D eigenvalue weighted by Gasteiger charge is -2.26. The third-order valence-corrected chi connectivity index (χ3v) is 11.8. The predicted molar refractivity (Wildman–Crippen MR) is 193 cm³/mol. The fourth-order valence-electron chi connectivity index (χ4n) is 6.80. The molecule has 0 aliphatic carbocycles. The minimum atomic E-state index is -4.51. The standard InChI is InChI=1S/C31H33F2N9O11P2S/c1-40(2)7-14-5-3-4-6-15(14)28(44)39-25-21-27(36-11-34-25)42(13-38-21)30-20(33)23-18(51-30)10-49-55(47,56)53-24-22(43)17(9-48-54(46)52-23)50-31(24)41-8-16(32)19-26(41)35-12-37-29(19)45/h3-6,8,11-13,17-18,20,22-24,30-31,43,54H,7,9-10H2,1-2H3,(H,47,56)(H,35,37,45)(H,34,36,39,44)/t17-,18?,20-,22-,23-,24-,30-,31?,55-/m1/s1. The molecule has 298 valence electrons. The summed E-state index contributed by atoms with van der Waals surface area (Å²) in [6.07, 6.45) is -8.45. The van der Waals surface area contributed by atoms with Crippen LogP contribution in [0.2, 0.25) is 0 Å². The quantitative estimate of drug-likeness (QED) is 0.142. The number of hydrogen-bond donors (Lipinski definition) is 4. The van der Waals surface area contributed by atoms with Crippen molar-refractivity contribution in [2.45, 2.75) is 55.7 Å². The molecule has 1 aromatic carbocycles. The first-order chi connectivity index (χ1) is 26.8. The van der Waals surface area contributed by atoms with Crippen molar-refractivity contribution in [3.05, 3.63) is 76.7 Å². The van der Waals surface area contributed by atoms with Crippen LogP contribution in [0.25, 0.3) is 22.2 Å². The number of carbonyl (C=O) groups excluding carboxylic acids is 1. The van der Waals surface area contributed by atoms with Gasteiger partial charge in [-0.1, -0.05) is 30.4 Å². The van der Waals surface area contributed by atoms with Gasteiger partial charge >= 0.3 is 15.1 Å². The Morgan fingerprint density at radius 1 is 1.11 bits per heavy atom. The Morgan fingerprint density at radius 2 is 1.89 bits per heavy atom. The maximum Gasteiger partial charge on any atom is 0.386 e. The number of imidazole rings is 1. The Hall–Kier alpha value is -3.99. The summed E-state index contributed by atoms with van der Waals surface area (Å²) in [4.78, 5) is 46.6. The molecule has 20 nitrogen and oxygen atoms in total. The van der Waals surface area contributed by atoms with Gasteiger partial charge in [-0.2, -0.15) is 0 Å². The van der Waals surface area contributed by atoms with Crippen molar-refractivity contribution in [2.24, 2.45) is 0 Å². The lowest BCUT2D eigenvalue weighted by atomic mass is 10.1. The Labute approximate surface area is 320 Å². The molecule has 3 aliphatic rings. The number of rotatable bonds is 6. The summed E-state index contributed by atoms with van der Waals surface area (Å²) in [5, 5.41) is 13.5. The van der Waals surface area contributed by atoms with Gasteiger partial charge in [0.25, 0.3) is 11.5 Å². The Balaban J connectivity index is 1.04. The van der Waals surface area contributed by atoms with Gasteiger partial charge in [-0.15, -0.1) is 0 Å². The van der Waals surface area contributed by atoms with E-state index in [0.717, 1.165) is 29.0 Å². The van der Waals surface area contributed by atoms with Crippen LogP contribution in [0.5, 0.6) is 0 Å². The summed E-state index contributed by atoms with van der Waals surface area (Å²) in [5.74, 6) is -1.39. The highest BCUT2D eigenvalue weighted by Crippen LogP contribution is 2.57. The van der Waals surface area contributed by atoms with Gasteiger partial charge in [0.2, 0.25) is 0 Å². The number of alkyl halides is 1. The van der Waals surface area contributed by atoms with Gasteiger partial charge in [0.15, 0.2) is 47.1 Å². The van der Waals surface area contributed by atoms with Crippen LogP contribution in [0.4, 0.5) is 14.6 Å². The molecule has 3 aliphatic heterocycles. The molecular formula is C31H33F2N9O11P2S. The number of thiol groups is 1. The number of anilines is 1. The zero-order valence-corrected chi connectivity index (χ0v) is 32.0. The number of benzene rings is 1. The predicted octanol–water partition coefficient (Wildman–Crippen LogP) is 2.76. The molecule has 7 heterocycles. The lowest BCUT2D eigenvalue weighted by Crippen LogP contribution is -2.35. The van der Waals surface area contributed by atoms with E-state index in [1.165, 1.54) is 10.9 Å². The van der Waals surface area contributed by atoms with Crippen molar-refractivity contribution < 1.29 is 55.4 Å². The summed E-state index contributed by atoms with van der Waals surface area (Å²) in [5.41, 5.74) is 0.360. The minimum absolute atomic E-state index is 0.0381. The van der Waals surface area contributed by atoms with Crippen molar-refractivity contribution >= 4 is 61.2 Å². The SMILES string of the molecule is CN(C)Cc1ccccc1C(=O)Nc1ncnc2c1ncn2[C@@H]1OC2CO[P@@](=O)(S)O[C@H]3C(n4cc(F)c5c(=O)[nH]cnc54)O[C@H](CO[PH](=O)O[C@H]2[C@H]1F)[C@H]3O. The fourth-order valence-corrected chi connectivity index (χ4v) is 9.13. The third-order valence-electron chi connectivity index (χ3n) is 9.29. The molecule has 2 bridgehead atoms. The largest absolute Gasteiger partial charge is 0.387 e. The molecular weight excluding hydrogens is 806 g/mol. The van der Waals surface area contributed by atoms with Gasteiger partial charge in [-0.25, -0.2) is 33.3 Å². The van der Waals surface area contributed by atoms with Gasteiger partial charge in [0.1, 0.15) is 42.2 Å². The number of hydrogen-bond acceptors (Lipinski definition) is 16. The minimum Gasteiger partial charge on any atom is -0.387 e. The highest BCUT2D eigenvalue weighted by Gasteiger charge is 2.52. The molecule has 3 saturated heterocycles.